The van der Waals surface area contributed by atoms with E-state index in [-0.39, 0.29) is 18.4 Å². The van der Waals surface area contributed by atoms with Crippen molar-refractivity contribution in [3.8, 4) is 11.5 Å². The third-order valence-corrected chi connectivity index (χ3v) is 4.74. The molecule has 0 atom stereocenters. The van der Waals surface area contributed by atoms with Gasteiger partial charge in [0.25, 0.3) is 0 Å². The Kier molecular flexibility index (Phi) is 5.32. The number of rotatable bonds is 5. The normalized spacial score (nSPS) is 15.9. The number of fused-ring (bicyclic) bond motifs is 1. The maximum absolute atomic E-state index is 12.4. The predicted octanol–water partition coefficient (Wildman–Crippen LogP) is 3.03. The van der Waals surface area contributed by atoms with E-state index >= 15 is 0 Å². The van der Waals surface area contributed by atoms with Gasteiger partial charge in [-0.3, -0.25) is 9.59 Å². The van der Waals surface area contributed by atoms with Crippen molar-refractivity contribution >= 4 is 28.9 Å². The molecule has 7 nitrogen and oxygen atoms in total. The molecule has 7 heteroatoms. The molecule has 1 fully saturated rings. The van der Waals surface area contributed by atoms with Crippen LogP contribution in [-0.4, -0.2) is 38.1 Å². The van der Waals surface area contributed by atoms with Crippen LogP contribution in [0, 0.1) is 0 Å². The highest BCUT2D eigenvalue weighted by atomic mass is 16.5. The summed E-state index contributed by atoms with van der Waals surface area (Å²) in [5.74, 6) is 1.27. The van der Waals surface area contributed by atoms with E-state index < -0.39 is 0 Å². The van der Waals surface area contributed by atoms with Gasteiger partial charge in [-0.2, -0.15) is 0 Å². The van der Waals surface area contributed by atoms with Gasteiger partial charge in [0, 0.05) is 31.1 Å². The number of nitrogens with zero attached hydrogens (tertiary/aromatic N) is 1. The molecule has 2 aliphatic heterocycles. The molecule has 2 amide bonds. The number of carbonyl (C=O) groups excluding carboxylic acids is 2. The van der Waals surface area contributed by atoms with E-state index in [4.69, 9.17) is 9.47 Å². The maximum Gasteiger partial charge on any atom is 0.243 e. The van der Waals surface area contributed by atoms with Crippen LogP contribution in [0.1, 0.15) is 19.3 Å². The molecule has 146 valence electrons. The molecule has 2 aromatic carbocycles. The minimum atomic E-state index is -0.183. The van der Waals surface area contributed by atoms with Crippen molar-refractivity contribution in [1.29, 1.82) is 0 Å². The summed E-state index contributed by atoms with van der Waals surface area (Å²) in [5, 5.41) is 6.00. The zero-order chi connectivity index (χ0) is 19.3. The number of hydrogen-bond donors (Lipinski definition) is 2. The highest BCUT2D eigenvalue weighted by Crippen LogP contribution is 2.32. The Morgan fingerprint density at radius 3 is 2.68 bits per heavy atom. The summed E-state index contributed by atoms with van der Waals surface area (Å²) >= 11 is 0. The first-order valence-electron chi connectivity index (χ1n) is 9.53. The minimum absolute atomic E-state index is 0.0908. The lowest BCUT2D eigenvalue weighted by Crippen LogP contribution is -2.26. The van der Waals surface area contributed by atoms with E-state index in [2.05, 4.69) is 10.6 Å². The molecule has 4 rings (SSSR count). The number of ether oxygens (including phenoxy) is 2. The number of carbonyl (C=O) groups is 2. The van der Waals surface area contributed by atoms with Crippen LogP contribution in [0.4, 0.5) is 17.1 Å². The van der Waals surface area contributed by atoms with E-state index in [1.54, 1.807) is 23.1 Å². The third-order valence-electron chi connectivity index (χ3n) is 4.74. The monoisotopic (exact) mass is 381 g/mol. The van der Waals surface area contributed by atoms with Crippen molar-refractivity contribution in [1.82, 2.24) is 0 Å². The quantitative estimate of drug-likeness (QED) is 0.832. The molecule has 0 aliphatic carbocycles. The van der Waals surface area contributed by atoms with Gasteiger partial charge in [0.1, 0.15) is 0 Å². The first-order valence-corrected chi connectivity index (χ1v) is 9.53. The largest absolute Gasteiger partial charge is 0.490 e. The maximum atomic E-state index is 12.4. The summed E-state index contributed by atoms with van der Waals surface area (Å²) < 4.78 is 11.3. The molecule has 2 aliphatic rings. The number of amides is 2. The summed E-state index contributed by atoms with van der Waals surface area (Å²) in [5.41, 5.74) is 2.24. The molecule has 2 heterocycles. The predicted molar refractivity (Wildman–Crippen MR) is 107 cm³/mol. The Labute approximate surface area is 163 Å². The van der Waals surface area contributed by atoms with E-state index in [0.717, 1.165) is 24.2 Å². The van der Waals surface area contributed by atoms with Gasteiger partial charge in [-0.05, 0) is 30.7 Å². The zero-order valence-corrected chi connectivity index (χ0v) is 15.6. The van der Waals surface area contributed by atoms with Crippen LogP contribution in [-0.2, 0) is 9.59 Å². The Hall–Kier alpha value is -3.22. The Balaban J connectivity index is 1.39. The van der Waals surface area contributed by atoms with Gasteiger partial charge in [0.15, 0.2) is 11.5 Å². The highest BCUT2D eigenvalue weighted by molar-refractivity contribution is 5.99. The average molecular weight is 381 g/mol. The molecule has 0 radical (unpaired) electrons. The first-order chi connectivity index (χ1) is 13.7. The molecule has 28 heavy (non-hydrogen) atoms. The highest BCUT2D eigenvalue weighted by Gasteiger charge is 2.23. The Morgan fingerprint density at radius 2 is 1.86 bits per heavy atom. The number of para-hydroxylation sites is 2. The summed E-state index contributed by atoms with van der Waals surface area (Å²) in [4.78, 5) is 26.2. The van der Waals surface area contributed by atoms with Crippen LogP contribution in [0.2, 0.25) is 0 Å². The smallest absolute Gasteiger partial charge is 0.243 e. The van der Waals surface area contributed by atoms with Crippen LogP contribution < -0.4 is 25.0 Å². The number of nitrogens with one attached hydrogen (secondary N) is 2. The minimum Gasteiger partial charge on any atom is -0.490 e. The van der Waals surface area contributed by atoms with Crippen LogP contribution in [0.25, 0.3) is 0 Å². The fourth-order valence-electron chi connectivity index (χ4n) is 3.38. The zero-order valence-electron chi connectivity index (χ0n) is 15.6. The summed E-state index contributed by atoms with van der Waals surface area (Å²) in [6, 6.07) is 12.9. The average Bonchev–Trinajstić information content (AvgIpc) is 2.99. The number of benzene rings is 2. The van der Waals surface area contributed by atoms with Crippen molar-refractivity contribution < 1.29 is 19.1 Å². The van der Waals surface area contributed by atoms with Gasteiger partial charge < -0.3 is 25.0 Å². The first kappa shape index (κ1) is 18.2. The molecule has 0 aromatic heterocycles. The van der Waals surface area contributed by atoms with Gasteiger partial charge in [-0.1, -0.05) is 12.1 Å². The van der Waals surface area contributed by atoms with Crippen molar-refractivity contribution in [3.05, 3.63) is 42.5 Å². The number of hydrogen-bond acceptors (Lipinski definition) is 5. The van der Waals surface area contributed by atoms with Gasteiger partial charge >= 0.3 is 0 Å². The van der Waals surface area contributed by atoms with Gasteiger partial charge in [0.2, 0.25) is 11.8 Å². The Morgan fingerprint density at radius 1 is 1.04 bits per heavy atom. The number of anilines is 3. The van der Waals surface area contributed by atoms with Gasteiger partial charge in [-0.15, -0.1) is 0 Å². The van der Waals surface area contributed by atoms with E-state index in [0.29, 0.717) is 43.4 Å². The van der Waals surface area contributed by atoms with E-state index in [9.17, 15) is 9.59 Å². The standard InChI is InChI=1S/C21H23N3O4/c25-20(23-15-8-9-18-19(13-15)28-12-4-11-27-18)14-22-16-5-1-2-6-17(16)24-10-3-7-21(24)26/h1-2,5-6,8-9,13,22H,3-4,7,10-12,14H2,(H,23,25). The summed E-state index contributed by atoms with van der Waals surface area (Å²) in [7, 11) is 0. The van der Waals surface area contributed by atoms with Crippen LogP contribution in [0.3, 0.4) is 0 Å². The van der Waals surface area contributed by atoms with Crippen molar-refractivity contribution in [3.63, 3.8) is 0 Å². The fourth-order valence-corrected chi connectivity index (χ4v) is 3.38. The van der Waals surface area contributed by atoms with Gasteiger partial charge in [-0.25, -0.2) is 0 Å². The molecule has 2 aromatic rings. The second-order valence-electron chi connectivity index (χ2n) is 6.78. The molecule has 1 saturated heterocycles. The molecule has 0 unspecified atom stereocenters. The lowest BCUT2D eigenvalue weighted by Gasteiger charge is -2.20. The van der Waals surface area contributed by atoms with Crippen LogP contribution in [0.15, 0.2) is 42.5 Å². The summed E-state index contributed by atoms with van der Waals surface area (Å²) in [6.45, 7) is 2.02. The molecular weight excluding hydrogens is 358 g/mol. The second-order valence-corrected chi connectivity index (χ2v) is 6.78. The van der Waals surface area contributed by atoms with Gasteiger partial charge in [0.05, 0.1) is 31.1 Å². The second kappa shape index (κ2) is 8.21. The molecule has 2 N–H and O–H groups in total. The van der Waals surface area contributed by atoms with Crippen LogP contribution in [0.5, 0.6) is 11.5 Å². The molecule has 0 bridgehead atoms. The van der Waals surface area contributed by atoms with Crippen molar-refractivity contribution in [2.45, 2.75) is 19.3 Å². The molecule has 0 saturated carbocycles. The topological polar surface area (TPSA) is 79.9 Å². The molecular formula is C21H23N3O4. The SMILES string of the molecule is O=C(CNc1ccccc1N1CCCC1=O)Nc1ccc2c(c1)OCCCO2. The Bertz CT molecular complexity index is 884. The third kappa shape index (κ3) is 4.03. The fraction of sp³-hybridized carbons (Fsp3) is 0.333. The van der Waals surface area contributed by atoms with Crippen LogP contribution >= 0.6 is 0 Å². The van der Waals surface area contributed by atoms with E-state index in [1.807, 2.05) is 24.3 Å². The summed E-state index contributed by atoms with van der Waals surface area (Å²) in [6.07, 6.45) is 2.26. The molecule has 0 spiro atoms. The van der Waals surface area contributed by atoms with Crippen molar-refractivity contribution in [2.24, 2.45) is 0 Å². The lowest BCUT2D eigenvalue weighted by molar-refractivity contribution is -0.117. The lowest BCUT2D eigenvalue weighted by atomic mass is 10.2. The van der Waals surface area contributed by atoms with E-state index in [1.165, 1.54) is 0 Å². The van der Waals surface area contributed by atoms with Crippen molar-refractivity contribution in [2.75, 3.05) is 41.8 Å².